The third-order valence-corrected chi connectivity index (χ3v) is 6.37. The van der Waals surface area contributed by atoms with Gasteiger partial charge in [0.05, 0.1) is 0 Å². The summed E-state index contributed by atoms with van der Waals surface area (Å²) >= 11 is 0. The highest BCUT2D eigenvalue weighted by atomic mass is 35.5. The lowest BCUT2D eigenvalue weighted by molar-refractivity contribution is 0.519. The fourth-order valence-corrected chi connectivity index (χ4v) is 4.25. The Hall–Kier alpha value is -0.350. The maximum Gasteiger partial charge on any atom is 0.123 e. The maximum absolute atomic E-state index is 12.9. The van der Waals surface area contributed by atoms with E-state index in [0.717, 1.165) is 31.5 Å². The maximum atomic E-state index is 12.9. The Morgan fingerprint density at radius 3 is 1.48 bits per heavy atom. The first-order valence-corrected chi connectivity index (χ1v) is 13.5. The Balaban J connectivity index is 0. The van der Waals surface area contributed by atoms with Gasteiger partial charge in [-0.3, -0.25) is 0 Å². The number of nitrogens with one attached hydrogen (secondary N) is 1. The highest BCUT2D eigenvalue weighted by Crippen LogP contribution is 2.16. The van der Waals surface area contributed by atoms with Crippen molar-refractivity contribution in [1.29, 1.82) is 0 Å². The summed E-state index contributed by atoms with van der Waals surface area (Å²) in [6, 6.07) is 6.58. The molecular formula is C28H53Cl2FN2. The van der Waals surface area contributed by atoms with Crippen LogP contribution in [0.25, 0.3) is 0 Å². The zero-order valence-electron chi connectivity index (χ0n) is 21.3. The zero-order chi connectivity index (χ0) is 22.4. The van der Waals surface area contributed by atoms with E-state index in [1.54, 1.807) is 12.1 Å². The third kappa shape index (κ3) is 21.9. The van der Waals surface area contributed by atoms with Gasteiger partial charge in [0.2, 0.25) is 0 Å². The molecule has 0 heterocycles. The third-order valence-electron chi connectivity index (χ3n) is 6.37. The van der Waals surface area contributed by atoms with E-state index in [9.17, 15) is 4.39 Å². The van der Waals surface area contributed by atoms with Gasteiger partial charge in [0.1, 0.15) is 5.82 Å². The van der Waals surface area contributed by atoms with E-state index in [1.165, 1.54) is 115 Å². The fourth-order valence-electron chi connectivity index (χ4n) is 4.25. The smallest absolute Gasteiger partial charge is 0.123 e. The van der Waals surface area contributed by atoms with Crippen molar-refractivity contribution in [2.45, 2.75) is 129 Å². The molecule has 0 amide bonds. The van der Waals surface area contributed by atoms with E-state index in [1.807, 2.05) is 0 Å². The molecule has 0 saturated carbocycles. The number of hydrogen-bond donors (Lipinski definition) is 2. The van der Waals surface area contributed by atoms with Crippen molar-refractivity contribution >= 4 is 24.8 Å². The van der Waals surface area contributed by atoms with Gasteiger partial charge in [-0.25, -0.2) is 4.39 Å². The summed E-state index contributed by atoms with van der Waals surface area (Å²) in [6.45, 7) is 4.43. The van der Waals surface area contributed by atoms with Gasteiger partial charge in [0.25, 0.3) is 0 Å². The topological polar surface area (TPSA) is 38.0 Å². The number of nitrogens with two attached hydrogens (primary N) is 1. The zero-order valence-corrected chi connectivity index (χ0v) is 22.9. The van der Waals surface area contributed by atoms with Crippen molar-refractivity contribution in [3.63, 3.8) is 0 Å². The average Bonchev–Trinajstić information content (AvgIpc) is 2.78. The minimum Gasteiger partial charge on any atom is -0.324 e. The molecule has 3 N–H and O–H groups in total. The number of unbranched alkanes of at least 4 members (excludes halogenated alkanes) is 15. The Labute approximate surface area is 217 Å². The van der Waals surface area contributed by atoms with Crippen LogP contribution in [0.4, 0.5) is 4.39 Å². The van der Waals surface area contributed by atoms with Crippen LogP contribution in [0.3, 0.4) is 0 Å². The van der Waals surface area contributed by atoms with Crippen molar-refractivity contribution in [2.24, 2.45) is 5.73 Å². The van der Waals surface area contributed by atoms with Crippen LogP contribution >= 0.6 is 24.8 Å². The fraction of sp³-hybridized carbons (Fsp3) is 0.786. The largest absolute Gasteiger partial charge is 0.324 e. The summed E-state index contributed by atoms with van der Waals surface area (Å²) in [5, 5.41) is 3.54. The molecule has 0 fully saturated rings. The van der Waals surface area contributed by atoms with E-state index in [2.05, 4.69) is 12.2 Å². The molecule has 1 aromatic rings. The van der Waals surface area contributed by atoms with Crippen LogP contribution in [0.15, 0.2) is 24.3 Å². The highest BCUT2D eigenvalue weighted by Gasteiger charge is 2.05. The molecular weight excluding hydrogens is 454 g/mol. The van der Waals surface area contributed by atoms with Crippen LogP contribution < -0.4 is 11.1 Å². The van der Waals surface area contributed by atoms with Gasteiger partial charge in [0, 0.05) is 6.04 Å². The molecule has 0 aliphatic carbocycles. The molecule has 0 bridgehead atoms. The number of halogens is 3. The van der Waals surface area contributed by atoms with Crippen molar-refractivity contribution in [1.82, 2.24) is 5.32 Å². The standard InChI is InChI=1S/C28H51FN2.2ClH/c1-2-3-4-5-6-7-8-9-10-11-12-13-14-15-16-17-24-31-25-18-19-28(30)26-20-22-27(29)23-21-26;;/h20-23,28,31H,2-19,24-25,30H2,1H3;2*1H. The molecule has 0 saturated heterocycles. The Kier molecular flexibility index (Phi) is 27.7. The van der Waals surface area contributed by atoms with Crippen LogP contribution in [0.1, 0.15) is 134 Å². The van der Waals surface area contributed by atoms with Crippen LogP contribution in [-0.2, 0) is 0 Å². The summed E-state index contributed by atoms with van der Waals surface area (Å²) in [6.07, 6.45) is 24.7. The lowest BCUT2D eigenvalue weighted by Gasteiger charge is -2.12. The minimum atomic E-state index is -0.198. The van der Waals surface area contributed by atoms with Gasteiger partial charge in [0.15, 0.2) is 0 Å². The molecule has 0 aromatic heterocycles. The molecule has 33 heavy (non-hydrogen) atoms. The van der Waals surface area contributed by atoms with E-state index in [-0.39, 0.29) is 36.7 Å². The van der Waals surface area contributed by atoms with Crippen molar-refractivity contribution in [3.05, 3.63) is 35.6 Å². The molecule has 1 unspecified atom stereocenters. The van der Waals surface area contributed by atoms with Crippen molar-refractivity contribution in [2.75, 3.05) is 13.1 Å². The second-order valence-electron chi connectivity index (χ2n) is 9.35. The Bertz CT molecular complexity index is 499. The van der Waals surface area contributed by atoms with Crippen LogP contribution in [-0.4, -0.2) is 13.1 Å². The van der Waals surface area contributed by atoms with E-state index in [4.69, 9.17) is 5.73 Å². The molecule has 196 valence electrons. The van der Waals surface area contributed by atoms with E-state index >= 15 is 0 Å². The monoisotopic (exact) mass is 506 g/mol. The first-order valence-electron chi connectivity index (χ1n) is 13.5. The Morgan fingerprint density at radius 1 is 0.636 bits per heavy atom. The first-order chi connectivity index (χ1) is 15.2. The van der Waals surface area contributed by atoms with E-state index in [0.29, 0.717) is 0 Å². The number of hydrogen-bond acceptors (Lipinski definition) is 2. The van der Waals surface area contributed by atoms with Gasteiger partial charge < -0.3 is 11.1 Å². The predicted molar refractivity (Wildman–Crippen MR) is 149 cm³/mol. The molecule has 1 atom stereocenters. The molecule has 0 radical (unpaired) electrons. The Morgan fingerprint density at radius 2 is 1.03 bits per heavy atom. The summed E-state index contributed by atoms with van der Waals surface area (Å²) in [7, 11) is 0. The molecule has 0 aliphatic heterocycles. The predicted octanol–water partition coefficient (Wildman–Crippen LogP) is 9.30. The normalized spacial score (nSPS) is 11.6. The molecule has 1 rings (SSSR count). The number of benzene rings is 1. The van der Waals surface area contributed by atoms with Gasteiger partial charge in [-0.1, -0.05) is 115 Å². The highest BCUT2D eigenvalue weighted by molar-refractivity contribution is 5.85. The van der Waals surface area contributed by atoms with Gasteiger partial charge >= 0.3 is 0 Å². The van der Waals surface area contributed by atoms with Gasteiger partial charge in [-0.2, -0.15) is 0 Å². The van der Waals surface area contributed by atoms with Crippen LogP contribution in [0.5, 0.6) is 0 Å². The quantitative estimate of drug-likeness (QED) is 0.153. The molecule has 1 aromatic carbocycles. The minimum absolute atomic E-state index is 0. The second-order valence-corrected chi connectivity index (χ2v) is 9.35. The van der Waals surface area contributed by atoms with Crippen LogP contribution in [0.2, 0.25) is 0 Å². The van der Waals surface area contributed by atoms with Crippen molar-refractivity contribution in [3.8, 4) is 0 Å². The second kappa shape index (κ2) is 26.3. The van der Waals surface area contributed by atoms with Crippen LogP contribution in [0, 0.1) is 5.82 Å². The van der Waals surface area contributed by atoms with Crippen molar-refractivity contribution < 1.29 is 4.39 Å². The lowest BCUT2D eigenvalue weighted by atomic mass is 10.0. The molecule has 2 nitrogen and oxygen atoms in total. The average molecular weight is 508 g/mol. The van der Waals surface area contributed by atoms with Gasteiger partial charge in [-0.05, 0) is 50.0 Å². The molecule has 0 spiro atoms. The summed E-state index contributed by atoms with van der Waals surface area (Å²) in [5.41, 5.74) is 7.20. The number of rotatable bonds is 22. The lowest BCUT2D eigenvalue weighted by Crippen LogP contribution is -2.19. The summed E-state index contributed by atoms with van der Waals surface area (Å²) < 4.78 is 12.9. The SMILES string of the molecule is CCCCCCCCCCCCCCCCCCNCCCC(N)c1ccc(F)cc1.Cl.Cl. The first kappa shape index (κ1) is 34.8. The summed E-state index contributed by atoms with van der Waals surface area (Å²) in [5.74, 6) is -0.198. The van der Waals surface area contributed by atoms with Gasteiger partial charge in [-0.15, -0.1) is 24.8 Å². The summed E-state index contributed by atoms with van der Waals surface area (Å²) in [4.78, 5) is 0. The molecule has 5 heteroatoms. The van der Waals surface area contributed by atoms with E-state index < -0.39 is 0 Å². The molecule has 0 aliphatic rings.